The molecule has 0 bridgehead atoms. The molecule has 0 spiro atoms. The van der Waals surface area contributed by atoms with Crippen molar-refractivity contribution >= 4 is 23.2 Å². The summed E-state index contributed by atoms with van der Waals surface area (Å²) < 4.78 is 11.0. The normalized spacial score (nSPS) is 10.6. The highest BCUT2D eigenvalue weighted by Gasteiger charge is 2.12. The van der Waals surface area contributed by atoms with Crippen LogP contribution in [0.2, 0.25) is 5.02 Å². The topological polar surface area (TPSA) is 91.8 Å². The Morgan fingerprint density at radius 3 is 2.48 bits per heavy atom. The van der Waals surface area contributed by atoms with Crippen molar-refractivity contribution in [3.8, 4) is 11.5 Å². The minimum atomic E-state index is -0.270. The molecule has 4 N–H and O–H groups in total. The van der Waals surface area contributed by atoms with Crippen LogP contribution < -0.4 is 25.4 Å². The van der Waals surface area contributed by atoms with Gasteiger partial charge in [0.15, 0.2) is 18.1 Å². The predicted molar refractivity (Wildman–Crippen MR) is 115 cm³/mol. The predicted octanol–water partition coefficient (Wildman–Crippen LogP) is 2.35. The zero-order chi connectivity index (χ0) is 21.1. The van der Waals surface area contributed by atoms with Crippen LogP contribution in [-0.4, -0.2) is 51.0 Å². The van der Waals surface area contributed by atoms with Crippen molar-refractivity contribution in [2.45, 2.75) is 13.5 Å². The Morgan fingerprint density at radius 2 is 1.79 bits per heavy atom. The van der Waals surface area contributed by atoms with Gasteiger partial charge in [0.2, 0.25) is 0 Å². The van der Waals surface area contributed by atoms with Crippen LogP contribution >= 0.6 is 11.6 Å². The Kier molecular flexibility index (Phi) is 9.73. The summed E-state index contributed by atoms with van der Waals surface area (Å²) in [6, 6.07) is 11.0. The molecule has 0 fully saturated rings. The molecule has 0 aromatic heterocycles. The Labute approximate surface area is 176 Å². The van der Waals surface area contributed by atoms with E-state index in [1.54, 1.807) is 19.2 Å². The molecule has 8 heteroatoms. The molecule has 0 heterocycles. The first-order chi connectivity index (χ1) is 14.0. The highest BCUT2D eigenvalue weighted by Crippen LogP contribution is 2.33. The lowest BCUT2D eigenvalue weighted by molar-refractivity contribution is -0.118. The van der Waals surface area contributed by atoms with E-state index in [4.69, 9.17) is 26.2 Å². The quantitative estimate of drug-likeness (QED) is 0.393. The molecule has 0 unspecified atom stereocenters. The number of aliphatic hydroxyl groups is 1. The van der Waals surface area contributed by atoms with E-state index in [1.807, 2.05) is 31.2 Å². The zero-order valence-electron chi connectivity index (χ0n) is 16.8. The van der Waals surface area contributed by atoms with E-state index in [2.05, 4.69) is 16.0 Å². The Bertz CT molecular complexity index is 784. The molecule has 7 nitrogen and oxygen atoms in total. The third kappa shape index (κ3) is 7.91. The summed E-state index contributed by atoms with van der Waals surface area (Å²) in [6.45, 7) is 4.55. The number of benzene rings is 2. The van der Waals surface area contributed by atoms with Crippen LogP contribution in [-0.2, 0) is 11.3 Å². The molecule has 0 saturated carbocycles. The summed E-state index contributed by atoms with van der Waals surface area (Å²) in [4.78, 5) is 12.1. The maximum Gasteiger partial charge on any atom is 0.262 e. The van der Waals surface area contributed by atoms with Gasteiger partial charge < -0.3 is 30.5 Å². The summed E-state index contributed by atoms with van der Waals surface area (Å²) in [5.74, 6) is 0.644. The van der Waals surface area contributed by atoms with E-state index in [0.29, 0.717) is 35.3 Å². The van der Waals surface area contributed by atoms with Crippen molar-refractivity contribution in [2.24, 2.45) is 0 Å². The average molecular weight is 422 g/mol. The van der Waals surface area contributed by atoms with Crippen LogP contribution in [0.25, 0.3) is 0 Å². The number of carbonyl (C=O) groups excluding carboxylic acids is 1. The third-order valence-corrected chi connectivity index (χ3v) is 4.46. The molecule has 0 aliphatic carbocycles. The average Bonchev–Trinajstić information content (AvgIpc) is 2.71. The van der Waals surface area contributed by atoms with Crippen molar-refractivity contribution < 1.29 is 19.4 Å². The number of methoxy groups -OCH3 is 1. The molecule has 0 atom stereocenters. The molecular weight excluding hydrogens is 394 g/mol. The van der Waals surface area contributed by atoms with Crippen molar-refractivity contribution in [1.82, 2.24) is 10.6 Å². The second-order valence-electron chi connectivity index (χ2n) is 6.45. The number of aliphatic hydroxyl groups excluding tert-OH is 1. The van der Waals surface area contributed by atoms with Crippen molar-refractivity contribution in [3.05, 3.63) is 52.5 Å². The van der Waals surface area contributed by atoms with Gasteiger partial charge in [-0.1, -0.05) is 29.3 Å². The fourth-order valence-electron chi connectivity index (χ4n) is 2.57. The molecule has 1 amide bonds. The first-order valence-electron chi connectivity index (χ1n) is 9.41. The largest absolute Gasteiger partial charge is 0.493 e. The summed E-state index contributed by atoms with van der Waals surface area (Å²) in [7, 11) is 1.54. The number of carbonyl (C=O) groups is 1. The first-order valence-corrected chi connectivity index (χ1v) is 9.79. The number of nitrogens with one attached hydrogen (secondary N) is 3. The Morgan fingerprint density at radius 1 is 1.07 bits per heavy atom. The van der Waals surface area contributed by atoms with Gasteiger partial charge in [0.25, 0.3) is 5.91 Å². The van der Waals surface area contributed by atoms with Gasteiger partial charge in [-0.05, 0) is 30.7 Å². The summed E-state index contributed by atoms with van der Waals surface area (Å²) in [5, 5.41) is 18.4. The van der Waals surface area contributed by atoms with E-state index >= 15 is 0 Å². The number of hydrogen-bond acceptors (Lipinski definition) is 6. The van der Waals surface area contributed by atoms with E-state index in [0.717, 1.165) is 24.2 Å². The number of ether oxygens (including phenoxy) is 2. The van der Waals surface area contributed by atoms with Gasteiger partial charge in [-0.3, -0.25) is 4.79 Å². The molecule has 0 aliphatic rings. The SMILES string of the molecule is COc1cc(CNCCNCCO)c(Cl)cc1OCC(=O)Nc1ccc(C)cc1. The van der Waals surface area contributed by atoms with Gasteiger partial charge in [-0.15, -0.1) is 0 Å². The van der Waals surface area contributed by atoms with Crippen LogP contribution in [0, 0.1) is 6.92 Å². The van der Waals surface area contributed by atoms with E-state index < -0.39 is 0 Å². The second-order valence-corrected chi connectivity index (χ2v) is 6.85. The number of aryl methyl sites for hydroxylation is 1. The standard InChI is InChI=1S/C21H28ClN3O4/c1-15-3-5-17(6-4-15)25-21(27)14-29-20-12-18(22)16(11-19(20)28-2)13-24-8-7-23-9-10-26/h3-6,11-12,23-24,26H,7-10,13-14H2,1-2H3,(H,25,27). The Balaban J connectivity index is 1.88. The molecule has 0 radical (unpaired) electrons. The van der Waals surface area contributed by atoms with Crippen LogP contribution in [0.4, 0.5) is 5.69 Å². The first kappa shape index (κ1) is 23.0. The van der Waals surface area contributed by atoms with E-state index in [9.17, 15) is 4.79 Å². The van der Waals surface area contributed by atoms with Crippen LogP contribution in [0.5, 0.6) is 11.5 Å². The minimum Gasteiger partial charge on any atom is -0.493 e. The van der Waals surface area contributed by atoms with Gasteiger partial charge in [-0.25, -0.2) is 0 Å². The zero-order valence-corrected chi connectivity index (χ0v) is 17.5. The molecule has 0 aliphatic heterocycles. The van der Waals surface area contributed by atoms with Crippen molar-refractivity contribution in [3.63, 3.8) is 0 Å². The summed E-state index contributed by atoms with van der Waals surface area (Å²) >= 11 is 6.36. The fraction of sp³-hybridized carbons (Fsp3) is 0.381. The fourth-order valence-corrected chi connectivity index (χ4v) is 2.79. The lowest BCUT2D eigenvalue weighted by Gasteiger charge is -2.14. The third-order valence-electron chi connectivity index (χ3n) is 4.11. The molecule has 29 heavy (non-hydrogen) atoms. The Hall–Kier alpha value is -2.32. The van der Waals surface area contributed by atoms with Gasteiger partial charge in [0, 0.05) is 43.0 Å². The minimum absolute atomic E-state index is 0.119. The highest BCUT2D eigenvalue weighted by molar-refractivity contribution is 6.31. The van der Waals surface area contributed by atoms with E-state index in [1.165, 1.54) is 0 Å². The highest BCUT2D eigenvalue weighted by atomic mass is 35.5. The smallest absolute Gasteiger partial charge is 0.262 e. The van der Waals surface area contributed by atoms with Crippen LogP contribution in [0.1, 0.15) is 11.1 Å². The molecule has 2 rings (SSSR count). The maximum atomic E-state index is 12.1. The molecule has 0 saturated heterocycles. The molecule has 158 valence electrons. The lowest BCUT2D eigenvalue weighted by Crippen LogP contribution is -2.28. The number of anilines is 1. The van der Waals surface area contributed by atoms with Gasteiger partial charge in [0.05, 0.1) is 13.7 Å². The number of rotatable bonds is 12. The number of amides is 1. The summed E-state index contributed by atoms with van der Waals surface area (Å²) in [6.07, 6.45) is 0. The lowest BCUT2D eigenvalue weighted by atomic mass is 10.2. The molecule has 2 aromatic carbocycles. The van der Waals surface area contributed by atoms with Crippen LogP contribution in [0.3, 0.4) is 0 Å². The summed E-state index contributed by atoms with van der Waals surface area (Å²) in [5.41, 5.74) is 2.70. The monoisotopic (exact) mass is 421 g/mol. The van der Waals surface area contributed by atoms with Crippen molar-refractivity contribution in [2.75, 3.05) is 45.3 Å². The van der Waals surface area contributed by atoms with Gasteiger partial charge in [0.1, 0.15) is 0 Å². The second kappa shape index (κ2) is 12.3. The van der Waals surface area contributed by atoms with Gasteiger partial charge >= 0.3 is 0 Å². The number of halogens is 1. The van der Waals surface area contributed by atoms with E-state index in [-0.39, 0.29) is 19.1 Å². The maximum absolute atomic E-state index is 12.1. The van der Waals surface area contributed by atoms with Crippen molar-refractivity contribution in [1.29, 1.82) is 0 Å². The van der Waals surface area contributed by atoms with Gasteiger partial charge in [-0.2, -0.15) is 0 Å². The molecule has 2 aromatic rings. The van der Waals surface area contributed by atoms with Crippen LogP contribution in [0.15, 0.2) is 36.4 Å². The molecular formula is C21H28ClN3O4. The number of hydrogen-bond donors (Lipinski definition) is 4.